The molecule has 6 heteroatoms. The predicted molar refractivity (Wildman–Crippen MR) is 92.1 cm³/mol. The number of hydrogen-bond acceptors (Lipinski definition) is 2. The molecule has 0 radical (unpaired) electrons. The summed E-state index contributed by atoms with van der Waals surface area (Å²) in [4.78, 5) is 14.0. The van der Waals surface area contributed by atoms with Crippen LogP contribution in [-0.4, -0.2) is 37.2 Å². The zero-order valence-corrected chi connectivity index (χ0v) is 15.4. The lowest BCUT2D eigenvalue weighted by Crippen LogP contribution is -2.57. The van der Waals surface area contributed by atoms with E-state index in [1.54, 1.807) is 13.0 Å². The number of allylic oxidation sites excluding steroid dienone is 2. The lowest BCUT2D eigenvalue weighted by Gasteiger charge is -2.38. The first-order chi connectivity index (χ1) is 11.6. The summed E-state index contributed by atoms with van der Waals surface area (Å²) in [5, 5.41) is 0. The summed E-state index contributed by atoms with van der Waals surface area (Å²) >= 11 is 0. The molecular weight excluding hydrogens is 331 g/mol. The Hall–Kier alpha value is -1.82. The summed E-state index contributed by atoms with van der Waals surface area (Å²) in [7, 11) is 2.30. The van der Waals surface area contributed by atoms with Gasteiger partial charge in [0.1, 0.15) is 0 Å². The monoisotopic (exact) mass is 357 g/mol. The lowest BCUT2D eigenvalue weighted by molar-refractivity contribution is -0.270. The minimum absolute atomic E-state index is 0.224. The summed E-state index contributed by atoms with van der Waals surface area (Å²) in [6.45, 7) is 5.64. The van der Waals surface area contributed by atoms with Gasteiger partial charge in [-0.1, -0.05) is 42.0 Å². The molecule has 0 heterocycles. The lowest BCUT2D eigenvalue weighted by atomic mass is 9.90. The Morgan fingerprint density at radius 2 is 1.80 bits per heavy atom. The molecule has 2 atom stereocenters. The number of benzene rings is 1. The van der Waals surface area contributed by atoms with E-state index >= 15 is 0 Å². The molecular formula is C19H26F3NO2. The molecule has 1 amide bonds. The largest absolute Gasteiger partial charge is 0.430 e. The smallest absolute Gasteiger partial charge is 0.356 e. The van der Waals surface area contributed by atoms with E-state index in [0.29, 0.717) is 12.8 Å². The Kier molecular flexibility index (Phi) is 7.23. The van der Waals surface area contributed by atoms with Crippen molar-refractivity contribution in [2.24, 2.45) is 0 Å². The number of rotatable bonds is 7. The third-order valence-electron chi connectivity index (χ3n) is 4.31. The minimum Gasteiger partial charge on any atom is -0.356 e. The summed E-state index contributed by atoms with van der Waals surface area (Å²) in [6, 6.07) is 6.67. The summed E-state index contributed by atoms with van der Waals surface area (Å²) < 4.78 is 46.6. The number of carbonyl (C=O) groups excluding carboxylic acids is 1. The molecule has 0 bridgehead atoms. The van der Waals surface area contributed by atoms with Crippen LogP contribution >= 0.6 is 0 Å². The van der Waals surface area contributed by atoms with Crippen LogP contribution < -0.4 is 0 Å². The van der Waals surface area contributed by atoms with Crippen LogP contribution in [0.15, 0.2) is 42.0 Å². The van der Waals surface area contributed by atoms with E-state index in [2.05, 4.69) is 0 Å². The Labute approximate surface area is 147 Å². The van der Waals surface area contributed by atoms with E-state index in [4.69, 9.17) is 4.74 Å². The summed E-state index contributed by atoms with van der Waals surface area (Å²) in [6.07, 6.45) is -1.62. The van der Waals surface area contributed by atoms with Gasteiger partial charge in [0.2, 0.25) is 0 Å². The van der Waals surface area contributed by atoms with Crippen LogP contribution in [0.4, 0.5) is 13.2 Å². The number of halogens is 3. The maximum Gasteiger partial charge on any atom is 0.430 e. The molecule has 0 N–H and O–H groups in total. The van der Waals surface area contributed by atoms with Crippen molar-refractivity contribution in [1.29, 1.82) is 0 Å². The van der Waals surface area contributed by atoms with Crippen molar-refractivity contribution in [2.45, 2.75) is 51.4 Å². The molecule has 0 aliphatic heterocycles. The summed E-state index contributed by atoms with van der Waals surface area (Å²) in [5.41, 5.74) is -2.10. The van der Waals surface area contributed by atoms with Gasteiger partial charge in [-0.25, -0.2) is 0 Å². The standard InChI is InChI=1S/C19H26F3NO2/c1-14(2)10-9-11-15(3)23(4)17(24)18(25-5,19(20,21)22)16-12-7-6-8-13-16/h6-8,10,12-13,15H,9,11H2,1-5H3/t15-,18-/m0/s1. The van der Waals surface area contributed by atoms with E-state index in [0.717, 1.165) is 17.6 Å². The van der Waals surface area contributed by atoms with Gasteiger partial charge in [-0.3, -0.25) is 4.79 Å². The number of carbonyl (C=O) groups is 1. The first-order valence-corrected chi connectivity index (χ1v) is 8.16. The van der Waals surface area contributed by atoms with Crippen molar-refractivity contribution in [3.05, 3.63) is 47.5 Å². The number of nitrogens with zero attached hydrogens (tertiary/aromatic N) is 1. The normalized spacial score (nSPS) is 15.2. The van der Waals surface area contributed by atoms with Gasteiger partial charge in [0.05, 0.1) is 0 Å². The van der Waals surface area contributed by atoms with Gasteiger partial charge in [-0.15, -0.1) is 0 Å². The van der Waals surface area contributed by atoms with Crippen LogP contribution in [0.1, 0.15) is 39.2 Å². The number of methoxy groups -OCH3 is 1. The van der Waals surface area contributed by atoms with Crippen LogP contribution in [0.2, 0.25) is 0 Å². The molecule has 0 saturated carbocycles. The maximum atomic E-state index is 13.9. The Balaban J connectivity index is 3.19. The second-order valence-corrected chi connectivity index (χ2v) is 6.37. The highest BCUT2D eigenvalue weighted by atomic mass is 19.4. The predicted octanol–water partition coefficient (Wildman–Crippen LogP) is 4.68. The van der Waals surface area contributed by atoms with Crippen LogP contribution in [-0.2, 0) is 15.1 Å². The molecule has 1 aromatic carbocycles. The molecule has 3 nitrogen and oxygen atoms in total. The topological polar surface area (TPSA) is 29.5 Å². The van der Waals surface area contributed by atoms with Crippen LogP contribution in [0.3, 0.4) is 0 Å². The Bertz CT molecular complexity index is 594. The van der Waals surface area contributed by atoms with Gasteiger partial charge in [0.15, 0.2) is 0 Å². The fourth-order valence-corrected chi connectivity index (χ4v) is 2.66. The number of ether oxygens (including phenoxy) is 1. The van der Waals surface area contributed by atoms with Crippen molar-refractivity contribution < 1.29 is 22.7 Å². The molecule has 140 valence electrons. The van der Waals surface area contributed by atoms with Gasteiger partial charge >= 0.3 is 6.18 Å². The van der Waals surface area contributed by atoms with Crippen molar-refractivity contribution >= 4 is 5.91 Å². The minimum atomic E-state index is -4.88. The molecule has 0 aliphatic carbocycles. The number of amides is 1. The Morgan fingerprint density at radius 3 is 2.24 bits per heavy atom. The molecule has 0 aliphatic rings. The Morgan fingerprint density at radius 1 is 1.24 bits per heavy atom. The number of hydrogen-bond donors (Lipinski definition) is 0. The van der Waals surface area contributed by atoms with E-state index in [9.17, 15) is 18.0 Å². The average Bonchev–Trinajstić information content (AvgIpc) is 2.54. The fraction of sp³-hybridized carbons (Fsp3) is 0.526. The van der Waals surface area contributed by atoms with Crippen molar-refractivity contribution in [1.82, 2.24) is 4.90 Å². The molecule has 0 fully saturated rings. The SMILES string of the molecule is CO[C@](C(=O)N(C)[C@@H](C)CCC=C(C)C)(c1ccccc1)C(F)(F)F. The van der Waals surface area contributed by atoms with E-state index in [1.165, 1.54) is 31.3 Å². The van der Waals surface area contributed by atoms with Gasteiger partial charge in [0.25, 0.3) is 11.5 Å². The van der Waals surface area contributed by atoms with Gasteiger partial charge in [-0.05, 0) is 33.6 Å². The third kappa shape index (κ3) is 4.63. The fourth-order valence-electron chi connectivity index (χ4n) is 2.66. The van der Waals surface area contributed by atoms with E-state index < -0.39 is 17.7 Å². The highest BCUT2D eigenvalue weighted by molar-refractivity contribution is 5.87. The zero-order valence-electron chi connectivity index (χ0n) is 15.4. The van der Waals surface area contributed by atoms with E-state index in [-0.39, 0.29) is 11.6 Å². The number of alkyl halides is 3. The summed E-state index contributed by atoms with van der Waals surface area (Å²) in [5.74, 6) is -1.11. The van der Waals surface area contributed by atoms with Crippen molar-refractivity contribution in [3.63, 3.8) is 0 Å². The zero-order chi connectivity index (χ0) is 19.3. The van der Waals surface area contributed by atoms with Gasteiger partial charge < -0.3 is 9.64 Å². The molecule has 0 spiro atoms. The molecule has 1 aromatic rings. The van der Waals surface area contributed by atoms with Crippen molar-refractivity contribution in [3.8, 4) is 0 Å². The van der Waals surface area contributed by atoms with Crippen LogP contribution in [0.5, 0.6) is 0 Å². The average molecular weight is 357 g/mol. The molecule has 25 heavy (non-hydrogen) atoms. The van der Waals surface area contributed by atoms with Crippen LogP contribution in [0, 0.1) is 0 Å². The second-order valence-electron chi connectivity index (χ2n) is 6.37. The highest BCUT2D eigenvalue weighted by Crippen LogP contribution is 2.43. The maximum absolute atomic E-state index is 13.9. The quantitative estimate of drug-likeness (QED) is 0.663. The molecule has 0 unspecified atom stereocenters. The van der Waals surface area contributed by atoms with E-state index in [1.807, 2.05) is 19.9 Å². The molecule has 1 rings (SSSR count). The third-order valence-corrected chi connectivity index (χ3v) is 4.31. The van der Waals surface area contributed by atoms with Gasteiger partial charge in [0, 0.05) is 25.8 Å². The van der Waals surface area contributed by atoms with Gasteiger partial charge in [-0.2, -0.15) is 13.2 Å². The van der Waals surface area contributed by atoms with Crippen LogP contribution in [0.25, 0.3) is 0 Å². The first-order valence-electron chi connectivity index (χ1n) is 8.16. The molecule has 0 saturated heterocycles. The second kappa shape index (κ2) is 8.52. The molecule has 0 aromatic heterocycles. The number of likely N-dealkylation sites (N-methyl/N-ethyl adjacent to an activating group) is 1. The van der Waals surface area contributed by atoms with Crippen molar-refractivity contribution in [2.75, 3.05) is 14.2 Å². The first kappa shape index (κ1) is 21.2. The highest BCUT2D eigenvalue weighted by Gasteiger charge is 2.63.